The lowest BCUT2D eigenvalue weighted by atomic mass is 9.99. The lowest BCUT2D eigenvalue weighted by molar-refractivity contribution is -0.360. The number of aliphatic hydroxyl groups is 1. The zero-order chi connectivity index (χ0) is 31.4. The summed E-state index contributed by atoms with van der Waals surface area (Å²) in [6.07, 6.45) is -10.9. The molecule has 0 bridgehead atoms. The molecule has 1 heterocycles. The van der Waals surface area contributed by atoms with Gasteiger partial charge in [-0.05, 0) is 72.1 Å². The number of halogens is 5. The molecule has 0 aliphatic carbocycles. The van der Waals surface area contributed by atoms with Gasteiger partial charge in [-0.2, -0.15) is 22.0 Å². The Morgan fingerprint density at radius 2 is 1.67 bits per heavy atom. The molecule has 0 aliphatic heterocycles. The van der Waals surface area contributed by atoms with Gasteiger partial charge in [0.05, 0.1) is 5.69 Å². The van der Waals surface area contributed by atoms with Crippen molar-refractivity contribution in [2.24, 2.45) is 0 Å². The third-order valence-corrected chi connectivity index (χ3v) is 6.45. The Hall–Kier alpha value is -4.14. The minimum Gasteiger partial charge on any atom is -0.426 e. The smallest absolute Gasteiger partial charge is 0.426 e. The predicted molar refractivity (Wildman–Crippen MR) is 156 cm³/mol. The number of rotatable bonds is 10. The van der Waals surface area contributed by atoms with Crippen molar-refractivity contribution in [1.29, 1.82) is 0 Å². The minimum atomic E-state index is -5.83. The maximum absolute atomic E-state index is 13.1. The molecule has 1 atom stereocenters. The van der Waals surface area contributed by atoms with E-state index in [1.165, 1.54) is 23.1 Å². The minimum absolute atomic E-state index is 0.269. The maximum atomic E-state index is 13.1. The molecule has 8 nitrogen and oxygen atoms in total. The largest absolute Gasteiger partial charge is 0.499 e. The van der Waals surface area contributed by atoms with Crippen LogP contribution in [0.1, 0.15) is 36.5 Å². The Labute approximate surface area is 249 Å². The summed E-state index contributed by atoms with van der Waals surface area (Å²) in [6.45, 7) is 6.49. The highest BCUT2D eigenvalue weighted by atomic mass is 32.1. The number of alkyl halides is 5. The molecule has 4 aromatic rings. The van der Waals surface area contributed by atoms with Crippen molar-refractivity contribution in [3.05, 3.63) is 89.7 Å². The van der Waals surface area contributed by atoms with E-state index in [0.29, 0.717) is 29.5 Å². The van der Waals surface area contributed by atoms with E-state index in [-0.39, 0.29) is 5.11 Å². The summed E-state index contributed by atoms with van der Waals surface area (Å²) < 4.78 is 68.5. The first-order chi connectivity index (χ1) is 20.2. The van der Waals surface area contributed by atoms with Gasteiger partial charge in [0.15, 0.2) is 17.3 Å². The van der Waals surface area contributed by atoms with Crippen LogP contribution >= 0.6 is 12.2 Å². The number of aromatic nitrogens is 3. The molecule has 228 valence electrons. The van der Waals surface area contributed by atoms with Crippen LogP contribution in [0.4, 0.5) is 27.6 Å². The molecule has 0 spiro atoms. The molecule has 0 saturated heterocycles. The quantitative estimate of drug-likeness (QED) is 0.0939. The van der Waals surface area contributed by atoms with Gasteiger partial charge < -0.3 is 20.5 Å². The van der Waals surface area contributed by atoms with Crippen LogP contribution in [0.2, 0.25) is 0 Å². The van der Waals surface area contributed by atoms with Gasteiger partial charge in [-0.25, -0.2) is 9.67 Å². The number of nitrogens with one attached hydrogen (secondary N) is 3. The number of aryl methyl sites for hydroxylation is 1. The van der Waals surface area contributed by atoms with Crippen molar-refractivity contribution in [2.75, 3.05) is 5.32 Å². The number of ether oxygens (including phenoxy) is 1. The Morgan fingerprint density at radius 1 is 1.00 bits per heavy atom. The van der Waals surface area contributed by atoms with Crippen molar-refractivity contribution in [3.8, 4) is 22.8 Å². The van der Waals surface area contributed by atoms with E-state index in [1.807, 2.05) is 37.3 Å². The van der Waals surface area contributed by atoms with Gasteiger partial charge in [-0.3, -0.25) is 5.32 Å². The van der Waals surface area contributed by atoms with E-state index in [2.05, 4.69) is 44.6 Å². The van der Waals surface area contributed by atoms with Crippen LogP contribution in [0.3, 0.4) is 0 Å². The summed E-state index contributed by atoms with van der Waals surface area (Å²) in [4.78, 5) is 4.24. The van der Waals surface area contributed by atoms with Crippen molar-refractivity contribution in [1.82, 2.24) is 25.4 Å². The van der Waals surface area contributed by atoms with Crippen LogP contribution < -0.4 is 20.7 Å². The van der Waals surface area contributed by atoms with Gasteiger partial charge in [0.25, 0.3) is 0 Å². The molecule has 43 heavy (non-hydrogen) atoms. The molecule has 0 aliphatic rings. The number of thiocarbonyl (C=S) groups is 1. The lowest BCUT2D eigenvalue weighted by Crippen LogP contribution is -2.46. The van der Waals surface area contributed by atoms with E-state index < -0.39 is 24.4 Å². The zero-order valence-electron chi connectivity index (χ0n) is 23.3. The number of hydrogen-bond donors (Lipinski definition) is 4. The highest BCUT2D eigenvalue weighted by Gasteiger charge is 2.61. The molecular formula is C29H29F5N6O2S. The number of anilines is 1. The summed E-state index contributed by atoms with van der Waals surface area (Å²) >= 11 is 5.37. The first-order valence-electron chi connectivity index (χ1n) is 13.1. The second kappa shape index (κ2) is 13.0. The first-order valence-corrected chi connectivity index (χ1v) is 13.5. The molecule has 0 saturated carbocycles. The number of benzene rings is 3. The molecule has 1 unspecified atom stereocenters. The average molecular weight is 621 g/mol. The zero-order valence-corrected chi connectivity index (χ0v) is 24.1. The normalized spacial score (nSPS) is 12.7. The summed E-state index contributed by atoms with van der Waals surface area (Å²) in [5, 5.41) is 23.9. The fourth-order valence-corrected chi connectivity index (χ4v) is 4.22. The Bertz CT molecular complexity index is 1540. The van der Waals surface area contributed by atoms with Crippen molar-refractivity contribution in [3.63, 3.8) is 0 Å². The number of hydrogen-bond acceptors (Lipinski definition) is 6. The topological polar surface area (TPSA) is 96.3 Å². The third-order valence-electron chi connectivity index (χ3n) is 6.23. The SMILES string of the molecule is Cc1ccc(C(C)C)c(NC(=S)NC(O)NCc2ccc(-c3ncn(-c4ccc(OC(F)(F)C(F)(F)F)cc4)n3)cc2)c1. The van der Waals surface area contributed by atoms with Gasteiger partial charge in [-0.1, -0.05) is 50.2 Å². The molecule has 4 rings (SSSR count). The summed E-state index contributed by atoms with van der Waals surface area (Å²) in [7, 11) is 0. The number of aliphatic hydroxyl groups excluding tert-OH is 1. The van der Waals surface area contributed by atoms with Gasteiger partial charge in [0, 0.05) is 17.8 Å². The van der Waals surface area contributed by atoms with E-state index in [4.69, 9.17) is 12.2 Å². The van der Waals surface area contributed by atoms with E-state index in [9.17, 15) is 27.1 Å². The van der Waals surface area contributed by atoms with Crippen LogP contribution in [0.25, 0.3) is 17.1 Å². The fraction of sp³-hybridized carbons (Fsp3) is 0.276. The van der Waals surface area contributed by atoms with Crippen LogP contribution in [0.15, 0.2) is 73.1 Å². The molecule has 1 aromatic heterocycles. The number of nitrogens with zero attached hydrogens (tertiary/aromatic N) is 3. The summed E-state index contributed by atoms with van der Waals surface area (Å²) in [5.41, 5.74) is 4.98. The lowest BCUT2D eigenvalue weighted by Gasteiger charge is -2.20. The average Bonchev–Trinajstić information content (AvgIpc) is 3.42. The van der Waals surface area contributed by atoms with Gasteiger partial charge >= 0.3 is 12.3 Å². The standard InChI is InChI=1S/C29H29F5N6O2S/c1-17(2)23-13-4-18(3)14-24(23)37-27(43)38-26(41)35-15-19-5-7-20(8-6-19)25-36-16-40(39-25)21-9-11-22(12-10-21)42-29(33,34)28(30,31)32/h4-14,16-17,26,35,41H,15H2,1-3H3,(H2,37,38,43). The fourth-order valence-electron chi connectivity index (χ4n) is 3.99. The van der Waals surface area contributed by atoms with Gasteiger partial charge in [-0.15, -0.1) is 5.10 Å². The molecule has 0 amide bonds. The van der Waals surface area contributed by atoms with Gasteiger partial charge in [0.1, 0.15) is 12.1 Å². The highest BCUT2D eigenvalue weighted by molar-refractivity contribution is 7.80. The van der Waals surface area contributed by atoms with Crippen LogP contribution in [0.5, 0.6) is 5.75 Å². The maximum Gasteiger partial charge on any atom is 0.499 e. The van der Waals surface area contributed by atoms with Crippen molar-refractivity contribution >= 4 is 23.0 Å². The summed E-state index contributed by atoms with van der Waals surface area (Å²) in [6, 6.07) is 17.8. The second-order valence-electron chi connectivity index (χ2n) is 9.95. The Kier molecular flexibility index (Phi) is 9.62. The van der Waals surface area contributed by atoms with Crippen LogP contribution in [-0.4, -0.2) is 43.6 Å². The molecule has 0 fully saturated rings. The Morgan fingerprint density at radius 3 is 2.30 bits per heavy atom. The van der Waals surface area contributed by atoms with Gasteiger partial charge in [0.2, 0.25) is 0 Å². The molecule has 4 N–H and O–H groups in total. The molecule has 0 radical (unpaired) electrons. The third kappa shape index (κ3) is 8.24. The van der Waals surface area contributed by atoms with Crippen molar-refractivity contribution in [2.45, 2.75) is 51.9 Å². The molecular weight excluding hydrogens is 591 g/mol. The van der Waals surface area contributed by atoms with Crippen molar-refractivity contribution < 1.29 is 31.8 Å². The highest BCUT2D eigenvalue weighted by Crippen LogP contribution is 2.37. The monoisotopic (exact) mass is 620 g/mol. The first kappa shape index (κ1) is 31.8. The second-order valence-corrected chi connectivity index (χ2v) is 10.4. The van der Waals surface area contributed by atoms with Crippen LogP contribution in [0, 0.1) is 6.92 Å². The van der Waals surface area contributed by atoms with E-state index in [1.54, 1.807) is 12.1 Å². The van der Waals surface area contributed by atoms with E-state index >= 15 is 0 Å². The molecule has 3 aromatic carbocycles. The molecule has 14 heteroatoms. The predicted octanol–water partition coefficient (Wildman–Crippen LogP) is 6.25. The van der Waals surface area contributed by atoms with Crippen LogP contribution in [-0.2, 0) is 6.54 Å². The Balaban J connectivity index is 1.30. The van der Waals surface area contributed by atoms with E-state index in [0.717, 1.165) is 34.5 Å². The summed E-state index contributed by atoms with van der Waals surface area (Å²) in [5.74, 6) is -0.000475.